The van der Waals surface area contributed by atoms with E-state index in [1.807, 2.05) is 38.1 Å². The molecule has 0 aliphatic carbocycles. The summed E-state index contributed by atoms with van der Waals surface area (Å²) in [7, 11) is -4.05. The summed E-state index contributed by atoms with van der Waals surface area (Å²) in [5, 5.41) is 1.65. The zero-order valence-electron chi connectivity index (χ0n) is 22.5. The number of benzene rings is 3. The maximum atomic E-state index is 13.6. The molecule has 0 amide bonds. The van der Waals surface area contributed by atoms with Gasteiger partial charge in [-0.15, -0.1) is 0 Å². The van der Waals surface area contributed by atoms with E-state index >= 15 is 0 Å². The van der Waals surface area contributed by atoms with Crippen molar-refractivity contribution in [2.45, 2.75) is 51.0 Å². The predicted molar refractivity (Wildman–Crippen MR) is 154 cm³/mol. The molecule has 8 nitrogen and oxygen atoms in total. The quantitative estimate of drug-likeness (QED) is 0.143. The average Bonchev–Trinajstić information content (AvgIpc) is 3.33. The maximum absolute atomic E-state index is 13.6. The Kier molecular flexibility index (Phi) is 7.60. The van der Waals surface area contributed by atoms with Gasteiger partial charge in [-0.3, -0.25) is 0 Å². The molecule has 9 heteroatoms. The Morgan fingerprint density at radius 1 is 1.00 bits per heavy atom. The first-order valence-corrected chi connectivity index (χ1v) is 14.6. The number of fused-ring (bicyclic) bond motifs is 2. The van der Waals surface area contributed by atoms with Crippen molar-refractivity contribution < 1.29 is 22.4 Å². The summed E-state index contributed by atoms with van der Waals surface area (Å²) < 4.78 is 40.4. The molecule has 1 atom stereocenters. The Labute approximate surface area is 232 Å². The van der Waals surface area contributed by atoms with Gasteiger partial charge in [-0.2, -0.15) is 4.72 Å². The average molecular weight is 559 g/mol. The number of carbonyl (C=O) groups excluding carboxylic acids is 1. The summed E-state index contributed by atoms with van der Waals surface area (Å²) in [5.74, 6) is -0.594. The standard InChI is InChI=1S/C31H30N2O6S/c1-4-7-21-17-29(34)39-30-20(3)28(15-14-25(21)30)38-31(35)27(16-22-18-32-26-9-6-5-8-24(22)26)33-40(36,37)23-12-10-19(2)11-13-23/h5-6,8-15,17-18,27,32-33H,4,7,16H2,1-3H3/t27-/m0/s1. The number of carbonyl (C=O) groups is 1. The van der Waals surface area contributed by atoms with Gasteiger partial charge in [-0.05, 0) is 61.7 Å². The lowest BCUT2D eigenvalue weighted by Gasteiger charge is -2.19. The van der Waals surface area contributed by atoms with Crippen LogP contribution in [-0.4, -0.2) is 25.4 Å². The van der Waals surface area contributed by atoms with E-state index in [9.17, 15) is 18.0 Å². The molecule has 0 fully saturated rings. The highest BCUT2D eigenvalue weighted by Gasteiger charge is 2.29. The van der Waals surface area contributed by atoms with Crippen molar-refractivity contribution >= 4 is 37.9 Å². The van der Waals surface area contributed by atoms with Crippen LogP contribution in [0.1, 0.15) is 35.6 Å². The first-order valence-electron chi connectivity index (χ1n) is 13.1. The fourth-order valence-electron chi connectivity index (χ4n) is 4.84. The largest absolute Gasteiger partial charge is 0.425 e. The van der Waals surface area contributed by atoms with Crippen LogP contribution in [0.2, 0.25) is 0 Å². The van der Waals surface area contributed by atoms with Crippen LogP contribution in [0.25, 0.3) is 21.9 Å². The molecule has 0 spiro atoms. The van der Waals surface area contributed by atoms with Crippen molar-refractivity contribution in [2.24, 2.45) is 0 Å². The maximum Gasteiger partial charge on any atom is 0.336 e. The highest BCUT2D eigenvalue weighted by molar-refractivity contribution is 7.89. The monoisotopic (exact) mass is 558 g/mol. The zero-order valence-corrected chi connectivity index (χ0v) is 23.3. The number of hydrogen-bond donors (Lipinski definition) is 2. The molecule has 0 saturated heterocycles. The summed E-state index contributed by atoms with van der Waals surface area (Å²) in [6.45, 7) is 5.59. The number of hydrogen-bond acceptors (Lipinski definition) is 6. The number of para-hydroxylation sites is 1. The van der Waals surface area contributed by atoms with Gasteiger partial charge in [0.2, 0.25) is 10.0 Å². The predicted octanol–water partition coefficient (Wildman–Crippen LogP) is 5.34. The van der Waals surface area contributed by atoms with Crippen molar-refractivity contribution in [1.29, 1.82) is 0 Å². The first-order chi connectivity index (χ1) is 19.2. The van der Waals surface area contributed by atoms with Crippen LogP contribution in [0.5, 0.6) is 5.75 Å². The molecule has 2 aromatic heterocycles. The number of nitrogens with one attached hydrogen (secondary N) is 2. The highest BCUT2D eigenvalue weighted by Crippen LogP contribution is 2.30. The summed E-state index contributed by atoms with van der Waals surface area (Å²) in [6.07, 6.45) is 3.37. The van der Waals surface area contributed by atoms with Crippen molar-refractivity contribution in [3.05, 3.63) is 106 Å². The minimum absolute atomic E-state index is 0.0435. The van der Waals surface area contributed by atoms with Crippen LogP contribution in [0.4, 0.5) is 0 Å². The second-order valence-electron chi connectivity index (χ2n) is 9.88. The summed E-state index contributed by atoms with van der Waals surface area (Å²) in [6, 6.07) is 17.6. The molecule has 0 aliphatic rings. The van der Waals surface area contributed by atoms with Crippen LogP contribution in [-0.2, 0) is 27.7 Å². The van der Waals surface area contributed by atoms with Gasteiger partial charge in [-0.25, -0.2) is 18.0 Å². The number of aromatic amines is 1. The molecule has 0 aliphatic heterocycles. The van der Waals surface area contributed by atoms with E-state index in [1.54, 1.807) is 37.4 Å². The Morgan fingerprint density at radius 2 is 1.75 bits per heavy atom. The lowest BCUT2D eigenvalue weighted by atomic mass is 10.0. The van der Waals surface area contributed by atoms with Crippen LogP contribution in [0.3, 0.4) is 0 Å². The molecular formula is C31H30N2O6S. The van der Waals surface area contributed by atoms with Gasteiger partial charge in [0.15, 0.2) is 0 Å². The topological polar surface area (TPSA) is 118 Å². The van der Waals surface area contributed by atoms with E-state index in [0.717, 1.165) is 39.4 Å². The molecule has 40 heavy (non-hydrogen) atoms. The van der Waals surface area contributed by atoms with Gasteiger partial charge in [0.1, 0.15) is 17.4 Å². The second kappa shape index (κ2) is 11.1. The Hall–Kier alpha value is -4.21. The first kappa shape index (κ1) is 27.4. The second-order valence-corrected chi connectivity index (χ2v) is 11.6. The van der Waals surface area contributed by atoms with Crippen LogP contribution in [0.15, 0.2) is 87.0 Å². The number of rotatable bonds is 9. The number of ether oxygens (including phenoxy) is 1. The zero-order chi connectivity index (χ0) is 28.4. The third kappa shape index (κ3) is 5.57. The molecule has 5 aromatic rings. The Bertz CT molecular complexity index is 1870. The lowest BCUT2D eigenvalue weighted by molar-refractivity contribution is -0.136. The summed E-state index contributed by atoms with van der Waals surface area (Å²) in [5.41, 5.74) is 3.74. The van der Waals surface area contributed by atoms with E-state index in [-0.39, 0.29) is 17.1 Å². The fraction of sp³-hybridized carbons (Fsp3) is 0.226. The van der Waals surface area contributed by atoms with E-state index in [4.69, 9.17) is 9.15 Å². The normalized spacial score (nSPS) is 12.6. The number of aromatic nitrogens is 1. The van der Waals surface area contributed by atoms with Crippen molar-refractivity contribution in [1.82, 2.24) is 9.71 Å². The SMILES string of the molecule is CCCc1cc(=O)oc2c(C)c(OC(=O)[C@H](Cc3c[nH]c4ccccc34)NS(=O)(=O)c3ccc(C)cc3)ccc12. The molecule has 5 rings (SSSR count). The third-order valence-corrected chi connectivity index (χ3v) is 8.43. The van der Waals surface area contributed by atoms with E-state index in [2.05, 4.69) is 9.71 Å². The van der Waals surface area contributed by atoms with E-state index < -0.39 is 27.7 Å². The van der Waals surface area contributed by atoms with Crippen molar-refractivity contribution in [2.75, 3.05) is 0 Å². The van der Waals surface area contributed by atoms with Gasteiger partial charge >= 0.3 is 11.6 Å². The van der Waals surface area contributed by atoms with Crippen molar-refractivity contribution in [3.63, 3.8) is 0 Å². The molecule has 0 bridgehead atoms. The minimum Gasteiger partial charge on any atom is -0.425 e. The molecule has 3 aromatic carbocycles. The highest BCUT2D eigenvalue weighted by atomic mass is 32.2. The summed E-state index contributed by atoms with van der Waals surface area (Å²) in [4.78, 5) is 29.0. The lowest BCUT2D eigenvalue weighted by Crippen LogP contribution is -2.44. The van der Waals surface area contributed by atoms with Gasteiger partial charge in [0.25, 0.3) is 0 Å². The van der Waals surface area contributed by atoms with Crippen molar-refractivity contribution in [3.8, 4) is 5.75 Å². The molecule has 0 saturated carbocycles. The molecule has 206 valence electrons. The van der Waals surface area contributed by atoms with E-state index in [0.29, 0.717) is 17.6 Å². The Balaban J connectivity index is 1.50. The molecule has 2 heterocycles. The molecule has 0 unspecified atom stereocenters. The number of H-pyrrole nitrogens is 1. The summed E-state index contributed by atoms with van der Waals surface area (Å²) >= 11 is 0. The van der Waals surface area contributed by atoms with Crippen LogP contribution < -0.4 is 15.1 Å². The number of aryl methyl sites for hydroxylation is 3. The van der Waals surface area contributed by atoms with Gasteiger partial charge in [0.05, 0.1) is 4.90 Å². The fourth-order valence-corrected chi connectivity index (χ4v) is 6.03. The third-order valence-electron chi connectivity index (χ3n) is 6.94. The van der Waals surface area contributed by atoms with E-state index in [1.165, 1.54) is 18.2 Å². The Morgan fingerprint density at radius 3 is 2.50 bits per heavy atom. The number of esters is 1. The van der Waals surface area contributed by atoms with Gasteiger partial charge in [-0.1, -0.05) is 49.2 Å². The van der Waals surface area contributed by atoms with Crippen LogP contribution in [0, 0.1) is 13.8 Å². The number of sulfonamides is 1. The van der Waals surface area contributed by atoms with Gasteiger partial charge < -0.3 is 14.1 Å². The molecule has 2 N–H and O–H groups in total. The van der Waals surface area contributed by atoms with Gasteiger partial charge in [0, 0.05) is 40.5 Å². The molecular weight excluding hydrogens is 528 g/mol. The molecule has 0 radical (unpaired) electrons. The minimum atomic E-state index is -4.05. The van der Waals surface area contributed by atoms with Crippen LogP contribution >= 0.6 is 0 Å². The smallest absolute Gasteiger partial charge is 0.336 e.